The van der Waals surface area contributed by atoms with Gasteiger partial charge in [0.15, 0.2) is 0 Å². The number of nitrogens with zero attached hydrogens (tertiary/aromatic N) is 2. The molecule has 0 aliphatic carbocycles. The molecule has 0 aliphatic rings. The summed E-state index contributed by atoms with van der Waals surface area (Å²) < 4.78 is 1.94. The molecule has 0 radical (unpaired) electrons. The maximum absolute atomic E-state index is 7.44. The summed E-state index contributed by atoms with van der Waals surface area (Å²) in [5.74, 6) is 0.263. The van der Waals surface area contributed by atoms with Gasteiger partial charge in [-0.25, -0.2) is 0 Å². The Morgan fingerprint density at radius 3 is 2.73 bits per heavy atom. The summed E-state index contributed by atoms with van der Waals surface area (Å²) in [5, 5.41) is 11.7. The molecule has 3 N–H and O–H groups in total. The first-order chi connectivity index (χ1) is 6.92. The molecule has 0 saturated heterocycles. The van der Waals surface area contributed by atoms with Gasteiger partial charge in [0.05, 0.1) is 11.5 Å². The summed E-state index contributed by atoms with van der Waals surface area (Å²) in [5.41, 5.74) is 6.36. The topological polar surface area (TPSA) is 67.7 Å². The van der Waals surface area contributed by atoms with Gasteiger partial charge in [0.2, 0.25) is 0 Å². The van der Waals surface area contributed by atoms with Gasteiger partial charge in [-0.05, 0) is 25.8 Å². The van der Waals surface area contributed by atoms with Gasteiger partial charge in [-0.2, -0.15) is 5.10 Å². The molecule has 1 rings (SSSR count). The number of aryl methyl sites for hydroxylation is 2. The standard InChI is InChI=1S/C11H20N4/c1-9-5-8-15(14-9)7-4-6-11(2,3)10(12)13/h5,8H,4,6-7H2,1-3H3,(H3,12,13). The second-order valence-electron chi connectivity index (χ2n) is 4.62. The Bertz CT molecular complexity index is 338. The van der Waals surface area contributed by atoms with E-state index < -0.39 is 0 Å². The van der Waals surface area contributed by atoms with Crippen LogP contribution in [0.25, 0.3) is 0 Å². The van der Waals surface area contributed by atoms with Crippen molar-refractivity contribution in [1.29, 1.82) is 5.41 Å². The summed E-state index contributed by atoms with van der Waals surface area (Å²) in [6, 6.07) is 2.00. The van der Waals surface area contributed by atoms with E-state index >= 15 is 0 Å². The van der Waals surface area contributed by atoms with Gasteiger partial charge in [0.1, 0.15) is 0 Å². The second kappa shape index (κ2) is 4.47. The van der Waals surface area contributed by atoms with Crippen molar-refractivity contribution < 1.29 is 0 Å². The lowest BCUT2D eigenvalue weighted by atomic mass is 9.87. The Labute approximate surface area is 91.0 Å². The average molecular weight is 208 g/mol. The van der Waals surface area contributed by atoms with E-state index in [2.05, 4.69) is 5.10 Å². The number of nitrogens with one attached hydrogen (secondary N) is 1. The molecule has 0 bridgehead atoms. The van der Waals surface area contributed by atoms with E-state index in [-0.39, 0.29) is 11.3 Å². The van der Waals surface area contributed by atoms with Crippen LogP contribution < -0.4 is 5.73 Å². The maximum atomic E-state index is 7.44. The van der Waals surface area contributed by atoms with Crippen molar-refractivity contribution in [1.82, 2.24) is 9.78 Å². The molecule has 0 fully saturated rings. The minimum absolute atomic E-state index is 0.192. The van der Waals surface area contributed by atoms with E-state index in [1.165, 1.54) is 0 Å². The zero-order chi connectivity index (χ0) is 11.5. The SMILES string of the molecule is Cc1ccn(CCCC(C)(C)C(=N)N)n1. The molecule has 4 heteroatoms. The third kappa shape index (κ3) is 3.38. The molecule has 84 valence electrons. The van der Waals surface area contributed by atoms with E-state index in [9.17, 15) is 0 Å². The van der Waals surface area contributed by atoms with E-state index in [0.717, 1.165) is 25.1 Å². The molecule has 0 amide bonds. The highest BCUT2D eigenvalue weighted by Gasteiger charge is 2.20. The number of nitrogens with two attached hydrogens (primary N) is 1. The monoisotopic (exact) mass is 208 g/mol. The summed E-state index contributed by atoms with van der Waals surface area (Å²) in [6.45, 7) is 6.88. The summed E-state index contributed by atoms with van der Waals surface area (Å²) >= 11 is 0. The smallest absolute Gasteiger partial charge is 0.0963 e. The van der Waals surface area contributed by atoms with Crippen LogP contribution in [0.15, 0.2) is 12.3 Å². The number of amidine groups is 1. The zero-order valence-corrected chi connectivity index (χ0v) is 9.75. The molecule has 1 aromatic heterocycles. The van der Waals surface area contributed by atoms with E-state index in [1.54, 1.807) is 0 Å². The highest BCUT2D eigenvalue weighted by atomic mass is 15.3. The Kier molecular flexibility index (Phi) is 3.50. The van der Waals surface area contributed by atoms with Gasteiger partial charge in [-0.3, -0.25) is 10.1 Å². The maximum Gasteiger partial charge on any atom is 0.0963 e. The largest absolute Gasteiger partial charge is 0.387 e. The van der Waals surface area contributed by atoms with Crippen LogP contribution in [0.2, 0.25) is 0 Å². The van der Waals surface area contributed by atoms with Crippen molar-refractivity contribution in [2.24, 2.45) is 11.1 Å². The lowest BCUT2D eigenvalue weighted by molar-refractivity contribution is 0.419. The number of aromatic nitrogens is 2. The fourth-order valence-electron chi connectivity index (χ4n) is 1.41. The van der Waals surface area contributed by atoms with Crippen LogP contribution in [0.5, 0.6) is 0 Å². The van der Waals surface area contributed by atoms with Crippen LogP contribution >= 0.6 is 0 Å². The van der Waals surface area contributed by atoms with E-state index in [0.29, 0.717) is 0 Å². The van der Waals surface area contributed by atoms with Crippen molar-refractivity contribution in [3.8, 4) is 0 Å². The molecule has 0 atom stereocenters. The molecule has 0 spiro atoms. The van der Waals surface area contributed by atoms with Crippen molar-refractivity contribution in [3.05, 3.63) is 18.0 Å². The molecule has 15 heavy (non-hydrogen) atoms. The minimum Gasteiger partial charge on any atom is -0.387 e. The normalized spacial score (nSPS) is 11.7. The zero-order valence-electron chi connectivity index (χ0n) is 9.75. The first kappa shape index (κ1) is 11.8. The summed E-state index contributed by atoms with van der Waals surface area (Å²) in [7, 11) is 0. The van der Waals surface area contributed by atoms with E-state index in [1.807, 2.05) is 37.7 Å². The van der Waals surface area contributed by atoms with Crippen molar-refractivity contribution in [3.63, 3.8) is 0 Å². The fraction of sp³-hybridized carbons (Fsp3) is 0.636. The fourth-order valence-corrected chi connectivity index (χ4v) is 1.41. The average Bonchev–Trinajstić information content (AvgIpc) is 2.51. The van der Waals surface area contributed by atoms with Crippen LogP contribution in [0.1, 0.15) is 32.4 Å². The molecule has 4 nitrogen and oxygen atoms in total. The van der Waals surface area contributed by atoms with Crippen LogP contribution in [0.4, 0.5) is 0 Å². The summed E-state index contributed by atoms with van der Waals surface area (Å²) in [4.78, 5) is 0. The van der Waals surface area contributed by atoms with Gasteiger partial charge >= 0.3 is 0 Å². The molecular formula is C11H20N4. The Hall–Kier alpha value is -1.32. The third-order valence-electron chi connectivity index (χ3n) is 2.69. The number of hydrogen-bond donors (Lipinski definition) is 2. The van der Waals surface area contributed by atoms with Crippen LogP contribution in [-0.2, 0) is 6.54 Å². The van der Waals surface area contributed by atoms with Crippen molar-refractivity contribution in [2.75, 3.05) is 0 Å². The Morgan fingerprint density at radius 2 is 2.27 bits per heavy atom. The highest BCUT2D eigenvalue weighted by Crippen LogP contribution is 2.21. The third-order valence-corrected chi connectivity index (χ3v) is 2.69. The molecule has 1 aromatic rings. The van der Waals surface area contributed by atoms with Crippen LogP contribution in [0, 0.1) is 17.7 Å². The predicted octanol–water partition coefficient (Wildman–Crippen LogP) is 1.93. The number of hydrogen-bond acceptors (Lipinski definition) is 2. The lowest BCUT2D eigenvalue weighted by Gasteiger charge is -2.22. The summed E-state index contributed by atoms with van der Waals surface area (Å²) in [6.07, 6.45) is 3.89. The van der Waals surface area contributed by atoms with Crippen molar-refractivity contribution >= 4 is 5.84 Å². The molecule has 1 heterocycles. The van der Waals surface area contributed by atoms with Crippen LogP contribution in [0.3, 0.4) is 0 Å². The lowest BCUT2D eigenvalue weighted by Crippen LogP contribution is -2.30. The first-order valence-electron chi connectivity index (χ1n) is 5.26. The van der Waals surface area contributed by atoms with Gasteiger partial charge in [0, 0.05) is 18.2 Å². The van der Waals surface area contributed by atoms with Gasteiger partial charge in [0.25, 0.3) is 0 Å². The van der Waals surface area contributed by atoms with Crippen molar-refractivity contribution in [2.45, 2.75) is 40.2 Å². The molecule has 0 aromatic carbocycles. The molecule has 0 unspecified atom stereocenters. The molecule has 0 aliphatic heterocycles. The Morgan fingerprint density at radius 1 is 1.60 bits per heavy atom. The first-order valence-corrected chi connectivity index (χ1v) is 5.26. The van der Waals surface area contributed by atoms with Gasteiger partial charge < -0.3 is 5.73 Å². The number of rotatable bonds is 5. The van der Waals surface area contributed by atoms with Gasteiger partial charge in [-0.1, -0.05) is 13.8 Å². The van der Waals surface area contributed by atoms with Gasteiger partial charge in [-0.15, -0.1) is 0 Å². The quantitative estimate of drug-likeness (QED) is 0.573. The van der Waals surface area contributed by atoms with Crippen LogP contribution in [-0.4, -0.2) is 15.6 Å². The Balaban J connectivity index is 2.36. The minimum atomic E-state index is -0.192. The molecule has 0 saturated carbocycles. The highest BCUT2D eigenvalue weighted by molar-refractivity contribution is 5.82. The molecular weight excluding hydrogens is 188 g/mol. The van der Waals surface area contributed by atoms with E-state index in [4.69, 9.17) is 11.1 Å². The predicted molar refractivity (Wildman–Crippen MR) is 61.9 cm³/mol. The second-order valence-corrected chi connectivity index (χ2v) is 4.62.